The van der Waals surface area contributed by atoms with Crippen molar-refractivity contribution in [3.8, 4) is 0 Å². The lowest BCUT2D eigenvalue weighted by Gasteiger charge is -2.04. The molecule has 3 rings (SSSR count). The highest BCUT2D eigenvalue weighted by Crippen LogP contribution is 2.23. The number of fused-ring (bicyclic) bond motifs is 1. The molecule has 0 unspecified atom stereocenters. The van der Waals surface area contributed by atoms with Crippen LogP contribution in [0.15, 0.2) is 29.3 Å². The van der Waals surface area contributed by atoms with Gasteiger partial charge >= 0.3 is 5.97 Å². The number of carbonyl (C=O) groups excluding carboxylic acids is 1. The van der Waals surface area contributed by atoms with E-state index in [1.807, 2.05) is 23.8 Å². The summed E-state index contributed by atoms with van der Waals surface area (Å²) in [5.74, 6) is 0.261. The van der Waals surface area contributed by atoms with Crippen LogP contribution in [0, 0.1) is 13.8 Å². The van der Waals surface area contributed by atoms with Crippen molar-refractivity contribution in [2.45, 2.75) is 20.4 Å². The van der Waals surface area contributed by atoms with E-state index >= 15 is 0 Å². The van der Waals surface area contributed by atoms with Crippen molar-refractivity contribution in [1.29, 1.82) is 0 Å². The third-order valence-corrected chi connectivity index (χ3v) is 4.53. The fourth-order valence-corrected chi connectivity index (χ4v) is 3.28. The van der Waals surface area contributed by atoms with Gasteiger partial charge in [0, 0.05) is 29.0 Å². The normalized spacial score (nSPS) is 11.0. The highest BCUT2D eigenvalue weighted by Gasteiger charge is 2.14. The van der Waals surface area contributed by atoms with Gasteiger partial charge in [-0.1, -0.05) is 0 Å². The van der Waals surface area contributed by atoms with Gasteiger partial charge in [-0.2, -0.15) is 0 Å². The monoisotopic (exact) mass is 317 g/mol. The van der Waals surface area contributed by atoms with Crippen LogP contribution < -0.4 is 5.56 Å². The summed E-state index contributed by atoms with van der Waals surface area (Å²) in [4.78, 5) is 29.6. The average Bonchev–Trinajstić information content (AvgIpc) is 3.04. The Hall–Kier alpha value is -2.41. The van der Waals surface area contributed by atoms with Gasteiger partial charge in [-0.3, -0.25) is 9.20 Å². The van der Waals surface area contributed by atoms with Gasteiger partial charge in [0.2, 0.25) is 5.78 Å². The van der Waals surface area contributed by atoms with E-state index in [-0.39, 0.29) is 11.5 Å². The fourth-order valence-electron chi connectivity index (χ4n) is 2.33. The van der Waals surface area contributed by atoms with Crippen LogP contribution in [-0.4, -0.2) is 27.0 Å². The van der Waals surface area contributed by atoms with E-state index < -0.39 is 0 Å². The molecular formula is C15H15N3O3S. The molecule has 6 nitrogen and oxygen atoms in total. The van der Waals surface area contributed by atoms with Crippen molar-refractivity contribution >= 4 is 23.1 Å². The van der Waals surface area contributed by atoms with Gasteiger partial charge in [-0.25, -0.2) is 9.78 Å². The zero-order valence-corrected chi connectivity index (χ0v) is 13.3. The first kappa shape index (κ1) is 14.5. The van der Waals surface area contributed by atoms with Crippen LogP contribution in [0.5, 0.6) is 0 Å². The molecule has 0 aromatic carbocycles. The molecular weight excluding hydrogens is 302 g/mol. The number of hydrogen-bond acceptors (Lipinski definition) is 5. The smallest absolute Gasteiger partial charge is 0.348 e. The van der Waals surface area contributed by atoms with Crippen LogP contribution in [0.25, 0.3) is 5.78 Å². The minimum atomic E-state index is -0.332. The summed E-state index contributed by atoms with van der Waals surface area (Å²) >= 11 is 1.40. The molecule has 114 valence electrons. The number of ether oxygens (including phenoxy) is 1. The molecule has 22 heavy (non-hydrogen) atoms. The molecule has 7 heteroatoms. The Morgan fingerprint density at radius 3 is 2.82 bits per heavy atom. The molecule has 0 saturated carbocycles. The van der Waals surface area contributed by atoms with Crippen LogP contribution in [0.3, 0.4) is 0 Å². The minimum absolute atomic E-state index is 0.0986. The number of nitrogens with zero attached hydrogens (tertiary/aromatic N) is 3. The lowest BCUT2D eigenvalue weighted by molar-refractivity contribution is 0.0606. The van der Waals surface area contributed by atoms with E-state index in [0.717, 1.165) is 10.4 Å². The number of carbonyl (C=O) groups is 1. The van der Waals surface area contributed by atoms with E-state index in [9.17, 15) is 9.59 Å². The predicted molar refractivity (Wildman–Crippen MR) is 83.7 cm³/mol. The average molecular weight is 317 g/mol. The maximum Gasteiger partial charge on any atom is 0.348 e. The summed E-state index contributed by atoms with van der Waals surface area (Å²) in [6.45, 7) is 4.30. The van der Waals surface area contributed by atoms with Crippen molar-refractivity contribution in [3.05, 3.63) is 55.9 Å². The second kappa shape index (κ2) is 5.42. The third kappa shape index (κ3) is 2.43. The molecule has 0 radical (unpaired) electrons. The maximum atomic E-state index is 11.9. The Balaban J connectivity index is 2.02. The van der Waals surface area contributed by atoms with Crippen LogP contribution >= 0.6 is 11.3 Å². The number of aryl methyl sites for hydroxylation is 2. The van der Waals surface area contributed by atoms with Crippen molar-refractivity contribution in [3.63, 3.8) is 0 Å². The van der Waals surface area contributed by atoms with Gasteiger partial charge in [0.1, 0.15) is 4.88 Å². The van der Waals surface area contributed by atoms with Crippen LogP contribution in [-0.2, 0) is 11.3 Å². The summed E-state index contributed by atoms with van der Waals surface area (Å²) in [6, 6.07) is 3.33. The first-order valence-electron chi connectivity index (χ1n) is 6.72. The summed E-state index contributed by atoms with van der Waals surface area (Å²) in [5.41, 5.74) is 1.60. The zero-order chi connectivity index (χ0) is 15.9. The van der Waals surface area contributed by atoms with E-state index in [1.54, 1.807) is 13.1 Å². The summed E-state index contributed by atoms with van der Waals surface area (Å²) < 4.78 is 8.15. The molecule has 0 fully saturated rings. The van der Waals surface area contributed by atoms with Gasteiger partial charge in [0.15, 0.2) is 0 Å². The highest BCUT2D eigenvalue weighted by molar-refractivity contribution is 7.14. The standard InChI is InChI=1S/C15H15N3O3S/c1-9-6-13(19)18-5-4-17(15(18)16-9)8-11-7-12(14(20)21-3)22-10(11)2/h4-7H,8H2,1-3H3. The van der Waals surface area contributed by atoms with Crippen molar-refractivity contribution in [2.24, 2.45) is 0 Å². The molecule has 0 bridgehead atoms. The quantitative estimate of drug-likeness (QED) is 0.693. The van der Waals surface area contributed by atoms with Crippen molar-refractivity contribution in [2.75, 3.05) is 7.11 Å². The Bertz CT molecular complexity index is 920. The number of imidazole rings is 1. The van der Waals surface area contributed by atoms with E-state index in [4.69, 9.17) is 4.74 Å². The molecule has 0 aliphatic rings. The maximum absolute atomic E-state index is 11.9. The molecule has 0 aliphatic heterocycles. The number of thiophene rings is 1. The number of methoxy groups -OCH3 is 1. The van der Waals surface area contributed by atoms with Crippen LogP contribution in [0.1, 0.15) is 25.8 Å². The van der Waals surface area contributed by atoms with Crippen molar-refractivity contribution in [1.82, 2.24) is 14.0 Å². The number of aromatic nitrogens is 3. The molecule has 3 aromatic rings. The zero-order valence-electron chi connectivity index (χ0n) is 12.5. The SMILES string of the molecule is COC(=O)c1cc(Cn2ccn3c(=O)cc(C)nc23)c(C)s1. The van der Waals surface area contributed by atoms with E-state index in [1.165, 1.54) is 28.9 Å². The number of hydrogen-bond donors (Lipinski definition) is 0. The Morgan fingerprint density at radius 2 is 2.09 bits per heavy atom. The molecule has 0 N–H and O–H groups in total. The summed E-state index contributed by atoms with van der Waals surface area (Å²) in [6.07, 6.45) is 3.52. The molecule has 3 heterocycles. The fraction of sp³-hybridized carbons (Fsp3) is 0.267. The third-order valence-electron chi connectivity index (χ3n) is 3.46. The van der Waals surface area contributed by atoms with Crippen LogP contribution in [0.4, 0.5) is 0 Å². The van der Waals surface area contributed by atoms with Gasteiger partial charge in [-0.05, 0) is 25.5 Å². The topological polar surface area (TPSA) is 65.6 Å². The molecule has 0 spiro atoms. The Labute approximate surface area is 130 Å². The number of rotatable bonds is 3. The minimum Gasteiger partial charge on any atom is -0.465 e. The van der Waals surface area contributed by atoms with E-state index in [2.05, 4.69) is 4.98 Å². The second-order valence-corrected chi connectivity index (χ2v) is 6.27. The Morgan fingerprint density at radius 1 is 1.32 bits per heavy atom. The molecule has 0 aliphatic carbocycles. The summed E-state index contributed by atoms with van der Waals surface area (Å²) in [7, 11) is 1.37. The Kier molecular flexibility index (Phi) is 3.58. The molecule has 0 atom stereocenters. The molecule has 0 saturated heterocycles. The van der Waals surface area contributed by atoms with Gasteiger partial charge in [-0.15, -0.1) is 11.3 Å². The first-order chi connectivity index (χ1) is 10.5. The second-order valence-electron chi connectivity index (χ2n) is 5.02. The molecule has 0 amide bonds. The van der Waals surface area contributed by atoms with E-state index in [0.29, 0.717) is 22.9 Å². The highest BCUT2D eigenvalue weighted by atomic mass is 32.1. The van der Waals surface area contributed by atoms with Gasteiger partial charge < -0.3 is 9.30 Å². The predicted octanol–water partition coefficient (Wildman–Crippen LogP) is 2.01. The van der Waals surface area contributed by atoms with Gasteiger partial charge in [0.05, 0.1) is 13.7 Å². The van der Waals surface area contributed by atoms with Crippen LogP contribution in [0.2, 0.25) is 0 Å². The first-order valence-corrected chi connectivity index (χ1v) is 7.54. The largest absolute Gasteiger partial charge is 0.465 e. The number of esters is 1. The van der Waals surface area contributed by atoms with Crippen molar-refractivity contribution < 1.29 is 9.53 Å². The summed E-state index contributed by atoms with van der Waals surface area (Å²) in [5, 5.41) is 0. The van der Waals surface area contributed by atoms with Gasteiger partial charge in [0.25, 0.3) is 5.56 Å². The molecule has 3 aromatic heterocycles. The lowest BCUT2D eigenvalue weighted by Crippen LogP contribution is -2.14. The lowest BCUT2D eigenvalue weighted by atomic mass is 10.2.